The molecule has 0 aliphatic carbocycles. The van der Waals surface area contributed by atoms with Gasteiger partial charge in [-0.1, -0.05) is 21.3 Å². The fourth-order valence-electron chi connectivity index (χ4n) is 2.88. The summed E-state index contributed by atoms with van der Waals surface area (Å²) < 4.78 is 16.4. The molecule has 0 bridgehead atoms. The Kier molecular flexibility index (Phi) is 10.0. The summed E-state index contributed by atoms with van der Waals surface area (Å²) in [5.41, 5.74) is 0.233. The second kappa shape index (κ2) is 12.0. The van der Waals surface area contributed by atoms with Crippen molar-refractivity contribution in [2.45, 2.75) is 60.7 Å². The van der Waals surface area contributed by atoms with Gasteiger partial charge in [0, 0.05) is 23.9 Å². The third kappa shape index (κ3) is 7.46. The molecule has 2 heterocycles. The van der Waals surface area contributed by atoms with E-state index in [0.29, 0.717) is 36.0 Å². The number of hydrogen-bond acceptors (Lipinski definition) is 9. The predicted octanol–water partition coefficient (Wildman–Crippen LogP) is 5.11. The van der Waals surface area contributed by atoms with E-state index in [2.05, 4.69) is 15.3 Å². The highest BCUT2D eigenvalue weighted by Crippen LogP contribution is 2.34. The van der Waals surface area contributed by atoms with Crippen molar-refractivity contribution in [2.75, 3.05) is 25.5 Å². The van der Waals surface area contributed by atoms with Gasteiger partial charge >= 0.3 is 6.09 Å². The maximum Gasteiger partial charge on any atom is 0.410 e. The number of aromatic nitrogens is 2. The number of carbonyl (C=O) groups is 1. The van der Waals surface area contributed by atoms with E-state index in [-0.39, 0.29) is 31.3 Å². The Bertz CT molecular complexity index is 986. The molecule has 3 rings (SSSR count). The molecule has 11 nitrogen and oxygen atoms in total. The summed E-state index contributed by atoms with van der Waals surface area (Å²) in [5.74, 6) is 0.925. The molecule has 0 unspecified atom stereocenters. The van der Waals surface area contributed by atoms with Gasteiger partial charge in [-0.3, -0.25) is 10.1 Å². The molecule has 1 aromatic heterocycles. The predicted molar refractivity (Wildman–Crippen MR) is 130 cm³/mol. The monoisotopic (exact) mass is 477 g/mol. The van der Waals surface area contributed by atoms with Crippen molar-refractivity contribution in [3.05, 3.63) is 40.1 Å². The van der Waals surface area contributed by atoms with Crippen LogP contribution in [-0.4, -0.2) is 57.8 Å². The fraction of sp³-hybridized carbons (Fsp3) is 0.522. The van der Waals surface area contributed by atoms with Crippen molar-refractivity contribution < 1.29 is 23.9 Å². The summed E-state index contributed by atoms with van der Waals surface area (Å²) in [4.78, 5) is 32.7. The normalized spacial score (nSPS) is 12.9. The van der Waals surface area contributed by atoms with Crippen molar-refractivity contribution in [1.82, 2.24) is 14.9 Å². The SMILES string of the molecule is C.CC.COc1cc(C)c([N+](=O)[O-])cc1Nc1nccc(OC2CN(C(=O)OC(C)(C)C)C2)n1. The van der Waals surface area contributed by atoms with Gasteiger partial charge < -0.3 is 24.4 Å². The van der Waals surface area contributed by atoms with Gasteiger partial charge in [0.15, 0.2) is 0 Å². The van der Waals surface area contributed by atoms with Gasteiger partial charge in [0.05, 0.1) is 30.8 Å². The number of nitrogens with zero attached hydrogens (tertiary/aromatic N) is 4. The number of nitrogens with one attached hydrogen (secondary N) is 1. The first kappa shape index (κ1) is 28.4. The van der Waals surface area contributed by atoms with Crippen LogP contribution in [0.15, 0.2) is 24.4 Å². The van der Waals surface area contributed by atoms with Crippen molar-refractivity contribution in [2.24, 2.45) is 0 Å². The minimum Gasteiger partial charge on any atom is -0.495 e. The lowest BCUT2D eigenvalue weighted by Crippen LogP contribution is -2.57. The van der Waals surface area contributed by atoms with Gasteiger partial charge in [-0.2, -0.15) is 4.98 Å². The average Bonchev–Trinajstić information content (AvgIpc) is 2.71. The molecule has 0 spiro atoms. The number of likely N-dealkylation sites (tertiary alicyclic amines) is 1. The molecular formula is C23H35N5O6. The Morgan fingerprint density at radius 3 is 2.47 bits per heavy atom. The molecule has 1 amide bonds. The van der Waals surface area contributed by atoms with E-state index in [0.717, 1.165) is 0 Å². The molecule has 1 fully saturated rings. The minimum absolute atomic E-state index is 0. The summed E-state index contributed by atoms with van der Waals surface area (Å²) in [7, 11) is 1.47. The van der Waals surface area contributed by atoms with E-state index >= 15 is 0 Å². The highest BCUT2D eigenvalue weighted by Gasteiger charge is 2.35. The number of anilines is 2. The summed E-state index contributed by atoms with van der Waals surface area (Å²) in [6.45, 7) is 11.8. The van der Waals surface area contributed by atoms with Crippen LogP contribution < -0.4 is 14.8 Å². The third-order valence-electron chi connectivity index (χ3n) is 4.38. The standard InChI is InChI=1S/C20H25N5O6.C2H6.CH4/c1-12-8-16(29-5)14(9-15(12)25(27)28)22-18-21-7-6-17(23-18)30-13-10-24(11-13)19(26)31-20(2,3)4;1-2;/h6-9,13H,10-11H2,1-5H3,(H,21,22,23);1-2H3;1H4. The smallest absolute Gasteiger partial charge is 0.410 e. The van der Waals surface area contributed by atoms with Crippen LogP contribution in [0.4, 0.5) is 22.1 Å². The number of aryl methyl sites for hydroxylation is 1. The summed E-state index contributed by atoms with van der Waals surface area (Å²) in [6.07, 6.45) is 0.903. The van der Waals surface area contributed by atoms with Gasteiger partial charge in [0.25, 0.3) is 5.69 Å². The molecule has 2 aromatic rings. The summed E-state index contributed by atoms with van der Waals surface area (Å²) >= 11 is 0. The van der Waals surface area contributed by atoms with Gasteiger partial charge in [0.2, 0.25) is 11.8 Å². The number of ether oxygens (including phenoxy) is 3. The van der Waals surface area contributed by atoms with Crippen LogP contribution in [0, 0.1) is 17.0 Å². The molecule has 0 saturated carbocycles. The van der Waals surface area contributed by atoms with Crippen molar-refractivity contribution in [1.29, 1.82) is 0 Å². The van der Waals surface area contributed by atoms with Gasteiger partial charge in [-0.25, -0.2) is 9.78 Å². The number of amides is 1. The largest absolute Gasteiger partial charge is 0.495 e. The molecular weight excluding hydrogens is 442 g/mol. The van der Waals surface area contributed by atoms with E-state index in [1.807, 2.05) is 34.6 Å². The lowest BCUT2D eigenvalue weighted by atomic mass is 10.1. The molecule has 1 saturated heterocycles. The topological polar surface area (TPSA) is 129 Å². The van der Waals surface area contributed by atoms with Crippen LogP contribution in [0.25, 0.3) is 0 Å². The molecule has 1 aliphatic rings. The van der Waals surface area contributed by atoms with Crippen LogP contribution in [0.1, 0.15) is 47.6 Å². The Morgan fingerprint density at radius 2 is 1.91 bits per heavy atom. The number of carbonyl (C=O) groups excluding carboxylic acids is 1. The van der Waals surface area contributed by atoms with Crippen LogP contribution in [-0.2, 0) is 4.74 Å². The highest BCUT2D eigenvalue weighted by molar-refractivity contribution is 5.69. The number of hydrogen-bond donors (Lipinski definition) is 1. The molecule has 1 aliphatic heterocycles. The minimum atomic E-state index is -0.553. The van der Waals surface area contributed by atoms with Gasteiger partial charge in [-0.05, 0) is 33.8 Å². The zero-order valence-electron chi connectivity index (χ0n) is 20.0. The molecule has 0 radical (unpaired) electrons. The molecule has 11 heteroatoms. The quantitative estimate of drug-likeness (QED) is 0.446. The van der Waals surface area contributed by atoms with Crippen molar-refractivity contribution in [3.63, 3.8) is 0 Å². The van der Waals surface area contributed by atoms with E-state index < -0.39 is 10.5 Å². The second-order valence-electron chi connectivity index (χ2n) is 8.06. The first-order valence-corrected chi connectivity index (χ1v) is 10.6. The molecule has 1 N–H and O–H groups in total. The van der Waals surface area contributed by atoms with E-state index in [1.165, 1.54) is 19.4 Å². The van der Waals surface area contributed by atoms with Crippen LogP contribution in [0.3, 0.4) is 0 Å². The number of methoxy groups -OCH3 is 1. The third-order valence-corrected chi connectivity index (χ3v) is 4.38. The average molecular weight is 478 g/mol. The number of nitro benzene ring substituents is 1. The Hall–Kier alpha value is -3.63. The molecule has 0 atom stereocenters. The number of nitro groups is 1. The Morgan fingerprint density at radius 1 is 1.26 bits per heavy atom. The van der Waals surface area contributed by atoms with Gasteiger partial charge in [-0.15, -0.1) is 0 Å². The lowest BCUT2D eigenvalue weighted by Gasteiger charge is -2.39. The van der Waals surface area contributed by atoms with Crippen molar-refractivity contribution >= 4 is 23.4 Å². The highest BCUT2D eigenvalue weighted by atomic mass is 16.6. The molecule has 1 aromatic carbocycles. The fourth-order valence-corrected chi connectivity index (χ4v) is 2.88. The Balaban J connectivity index is 0.00000188. The van der Waals surface area contributed by atoms with Crippen LogP contribution >= 0.6 is 0 Å². The van der Waals surface area contributed by atoms with E-state index in [4.69, 9.17) is 14.2 Å². The zero-order chi connectivity index (χ0) is 24.8. The second-order valence-corrected chi connectivity index (χ2v) is 8.06. The zero-order valence-corrected chi connectivity index (χ0v) is 20.0. The molecule has 188 valence electrons. The molecule has 34 heavy (non-hydrogen) atoms. The maximum atomic E-state index is 12.0. The van der Waals surface area contributed by atoms with E-state index in [1.54, 1.807) is 24.0 Å². The Labute approximate surface area is 200 Å². The van der Waals surface area contributed by atoms with Crippen LogP contribution in [0.2, 0.25) is 0 Å². The number of rotatable bonds is 6. The van der Waals surface area contributed by atoms with Crippen molar-refractivity contribution in [3.8, 4) is 11.6 Å². The van der Waals surface area contributed by atoms with Crippen LogP contribution in [0.5, 0.6) is 11.6 Å². The number of benzene rings is 1. The first-order chi connectivity index (χ1) is 15.6. The first-order valence-electron chi connectivity index (χ1n) is 10.6. The maximum absolute atomic E-state index is 12.0. The lowest BCUT2D eigenvalue weighted by molar-refractivity contribution is -0.385. The van der Waals surface area contributed by atoms with E-state index in [9.17, 15) is 14.9 Å². The summed E-state index contributed by atoms with van der Waals surface area (Å²) in [5, 5.41) is 14.2. The summed E-state index contributed by atoms with van der Waals surface area (Å²) in [6, 6.07) is 4.53. The van der Waals surface area contributed by atoms with Gasteiger partial charge in [0.1, 0.15) is 17.5 Å².